The molecule has 3 atom stereocenters. The number of likely N-dealkylation sites (tertiary alicyclic amines) is 1. The van der Waals surface area contributed by atoms with E-state index >= 15 is 0 Å². The van der Waals surface area contributed by atoms with Gasteiger partial charge in [-0.15, -0.1) is 0 Å². The molecule has 92 valence electrons. The van der Waals surface area contributed by atoms with Gasteiger partial charge in [0.05, 0.1) is 10.9 Å². The molecule has 3 unspecified atom stereocenters. The van der Waals surface area contributed by atoms with Crippen LogP contribution in [0.2, 0.25) is 0 Å². The maximum atomic E-state index is 12.3. The van der Waals surface area contributed by atoms with Crippen molar-refractivity contribution in [1.82, 2.24) is 4.90 Å². The molecule has 1 amide bonds. The maximum absolute atomic E-state index is 12.3. The van der Waals surface area contributed by atoms with Crippen LogP contribution in [0.4, 0.5) is 0 Å². The van der Waals surface area contributed by atoms with Gasteiger partial charge in [-0.3, -0.25) is 4.79 Å². The van der Waals surface area contributed by atoms with E-state index in [4.69, 9.17) is 18.0 Å². The van der Waals surface area contributed by atoms with E-state index < -0.39 is 0 Å². The number of hydrogen-bond donors (Lipinski definition) is 1. The fourth-order valence-corrected chi connectivity index (χ4v) is 2.61. The number of nitrogens with zero attached hydrogens (tertiary/aromatic N) is 1. The molecule has 0 spiro atoms. The summed E-state index contributed by atoms with van der Waals surface area (Å²) in [5, 5.41) is 0. The molecule has 1 aliphatic rings. The predicted molar refractivity (Wildman–Crippen MR) is 70.0 cm³/mol. The fourth-order valence-electron chi connectivity index (χ4n) is 2.24. The lowest BCUT2D eigenvalue weighted by Gasteiger charge is -2.25. The van der Waals surface area contributed by atoms with Gasteiger partial charge in [-0.2, -0.15) is 0 Å². The second-order valence-corrected chi connectivity index (χ2v) is 5.79. The number of amides is 1. The zero-order chi connectivity index (χ0) is 12.5. The van der Waals surface area contributed by atoms with Crippen molar-refractivity contribution >= 4 is 23.1 Å². The highest BCUT2D eigenvalue weighted by molar-refractivity contribution is 7.80. The molecule has 0 bridgehead atoms. The summed E-state index contributed by atoms with van der Waals surface area (Å²) >= 11 is 4.99. The lowest BCUT2D eigenvalue weighted by molar-refractivity contribution is -0.133. The van der Waals surface area contributed by atoms with Crippen LogP contribution in [0.1, 0.15) is 27.7 Å². The van der Waals surface area contributed by atoms with Crippen LogP contribution in [0, 0.1) is 23.7 Å². The van der Waals surface area contributed by atoms with Gasteiger partial charge in [0.25, 0.3) is 0 Å². The first-order chi connectivity index (χ1) is 7.34. The summed E-state index contributed by atoms with van der Waals surface area (Å²) in [4.78, 5) is 14.5. The summed E-state index contributed by atoms with van der Waals surface area (Å²) in [6.45, 7) is 10.0. The monoisotopic (exact) mass is 242 g/mol. The quantitative estimate of drug-likeness (QED) is 0.766. The van der Waals surface area contributed by atoms with Crippen LogP contribution in [0.5, 0.6) is 0 Å². The molecule has 0 aromatic heterocycles. The minimum absolute atomic E-state index is 0.110. The van der Waals surface area contributed by atoms with Gasteiger partial charge in [-0.05, 0) is 17.8 Å². The molecule has 1 aliphatic heterocycles. The molecule has 16 heavy (non-hydrogen) atoms. The number of carbonyl (C=O) groups excluding carboxylic acids is 1. The van der Waals surface area contributed by atoms with Gasteiger partial charge >= 0.3 is 0 Å². The second kappa shape index (κ2) is 5.13. The smallest absolute Gasteiger partial charge is 0.232 e. The number of thiocarbonyl (C=S) groups is 1. The summed E-state index contributed by atoms with van der Waals surface area (Å²) in [6, 6.07) is 0. The van der Waals surface area contributed by atoms with Crippen LogP contribution in [0.15, 0.2) is 0 Å². The van der Waals surface area contributed by atoms with Crippen LogP contribution in [0.25, 0.3) is 0 Å². The fraction of sp³-hybridized carbons (Fsp3) is 0.833. The number of nitrogens with two attached hydrogens (primary N) is 1. The zero-order valence-electron chi connectivity index (χ0n) is 10.6. The van der Waals surface area contributed by atoms with E-state index in [1.54, 1.807) is 0 Å². The molecule has 1 fully saturated rings. The third-order valence-electron chi connectivity index (χ3n) is 3.54. The van der Waals surface area contributed by atoms with E-state index in [0.29, 0.717) is 16.8 Å². The standard InChI is InChI=1S/C12H22N2OS/c1-7(2)10(11(13)16)12(15)14-5-8(3)9(4)6-14/h7-10H,5-6H2,1-4H3,(H2,13,16). The lowest BCUT2D eigenvalue weighted by Crippen LogP contribution is -2.42. The first-order valence-corrected chi connectivity index (χ1v) is 6.33. The second-order valence-electron chi connectivity index (χ2n) is 5.32. The molecule has 0 saturated carbocycles. The molecular formula is C12H22N2OS. The normalized spacial score (nSPS) is 27.2. The van der Waals surface area contributed by atoms with Crippen molar-refractivity contribution in [3.05, 3.63) is 0 Å². The topological polar surface area (TPSA) is 46.3 Å². The summed E-state index contributed by atoms with van der Waals surface area (Å²) in [5.74, 6) is 1.13. The third-order valence-corrected chi connectivity index (χ3v) is 3.79. The zero-order valence-corrected chi connectivity index (χ0v) is 11.4. The Morgan fingerprint density at radius 1 is 1.31 bits per heavy atom. The molecule has 3 nitrogen and oxygen atoms in total. The summed E-state index contributed by atoms with van der Waals surface area (Å²) in [6.07, 6.45) is 0. The van der Waals surface area contributed by atoms with Gasteiger partial charge in [0, 0.05) is 13.1 Å². The Morgan fingerprint density at radius 2 is 1.75 bits per heavy atom. The van der Waals surface area contributed by atoms with E-state index in [1.165, 1.54) is 0 Å². The minimum Gasteiger partial charge on any atom is -0.393 e. The number of rotatable bonds is 3. The summed E-state index contributed by atoms with van der Waals surface area (Å²) < 4.78 is 0. The molecule has 0 aromatic carbocycles. The van der Waals surface area contributed by atoms with Gasteiger partial charge in [0.2, 0.25) is 5.91 Å². The van der Waals surface area contributed by atoms with Crippen LogP contribution in [0.3, 0.4) is 0 Å². The Morgan fingerprint density at radius 3 is 2.06 bits per heavy atom. The van der Waals surface area contributed by atoms with Crippen molar-refractivity contribution in [1.29, 1.82) is 0 Å². The SMILES string of the molecule is CC(C)C(C(=O)N1CC(C)C(C)C1)C(N)=S. The van der Waals surface area contributed by atoms with Crippen LogP contribution < -0.4 is 5.73 Å². The number of carbonyl (C=O) groups is 1. The van der Waals surface area contributed by atoms with E-state index in [2.05, 4.69) is 13.8 Å². The van der Waals surface area contributed by atoms with E-state index in [0.717, 1.165) is 13.1 Å². The molecule has 0 aliphatic carbocycles. The Kier molecular flexibility index (Phi) is 4.30. The maximum Gasteiger partial charge on any atom is 0.232 e. The van der Waals surface area contributed by atoms with Gasteiger partial charge in [-0.25, -0.2) is 0 Å². The molecule has 1 saturated heterocycles. The highest BCUT2D eigenvalue weighted by Gasteiger charge is 2.35. The molecular weight excluding hydrogens is 220 g/mol. The lowest BCUT2D eigenvalue weighted by atomic mass is 9.94. The molecule has 2 N–H and O–H groups in total. The van der Waals surface area contributed by atoms with Crippen molar-refractivity contribution in [2.24, 2.45) is 29.4 Å². The molecule has 4 heteroatoms. The molecule has 1 rings (SSSR count). The van der Waals surface area contributed by atoms with E-state index in [-0.39, 0.29) is 17.7 Å². The largest absolute Gasteiger partial charge is 0.393 e. The van der Waals surface area contributed by atoms with Gasteiger partial charge in [0.15, 0.2) is 0 Å². The van der Waals surface area contributed by atoms with Gasteiger partial charge in [-0.1, -0.05) is 39.9 Å². The van der Waals surface area contributed by atoms with E-state index in [9.17, 15) is 4.79 Å². The Balaban J connectivity index is 2.73. The van der Waals surface area contributed by atoms with Gasteiger partial charge < -0.3 is 10.6 Å². The highest BCUT2D eigenvalue weighted by Crippen LogP contribution is 2.25. The molecule has 1 heterocycles. The van der Waals surface area contributed by atoms with Crippen molar-refractivity contribution in [2.45, 2.75) is 27.7 Å². The Hall–Kier alpha value is -0.640. The van der Waals surface area contributed by atoms with Crippen molar-refractivity contribution in [3.63, 3.8) is 0 Å². The van der Waals surface area contributed by atoms with Crippen molar-refractivity contribution < 1.29 is 4.79 Å². The minimum atomic E-state index is -0.299. The first-order valence-electron chi connectivity index (χ1n) is 5.92. The summed E-state index contributed by atoms with van der Waals surface area (Å²) in [5.41, 5.74) is 5.66. The first kappa shape index (κ1) is 13.4. The average Bonchev–Trinajstić information content (AvgIpc) is 2.45. The summed E-state index contributed by atoms with van der Waals surface area (Å²) in [7, 11) is 0. The van der Waals surface area contributed by atoms with Gasteiger partial charge in [0.1, 0.15) is 0 Å². The van der Waals surface area contributed by atoms with Crippen molar-refractivity contribution in [2.75, 3.05) is 13.1 Å². The van der Waals surface area contributed by atoms with Crippen LogP contribution in [-0.2, 0) is 4.79 Å². The molecule has 0 aromatic rings. The van der Waals surface area contributed by atoms with Crippen molar-refractivity contribution in [3.8, 4) is 0 Å². The number of hydrogen-bond acceptors (Lipinski definition) is 2. The third kappa shape index (κ3) is 2.73. The predicted octanol–water partition coefficient (Wildman–Crippen LogP) is 1.66. The van der Waals surface area contributed by atoms with Crippen LogP contribution in [-0.4, -0.2) is 28.9 Å². The molecule has 0 radical (unpaired) electrons. The van der Waals surface area contributed by atoms with Crippen LogP contribution >= 0.6 is 12.2 Å². The highest BCUT2D eigenvalue weighted by atomic mass is 32.1. The van der Waals surface area contributed by atoms with E-state index in [1.807, 2.05) is 18.7 Å². The Bertz CT molecular complexity index is 281. The Labute approximate surface area is 103 Å². The average molecular weight is 242 g/mol.